The Kier molecular flexibility index (Phi) is 7.07. The third kappa shape index (κ3) is 4.71. The first-order chi connectivity index (χ1) is 14.5. The van der Waals surface area contributed by atoms with Crippen LogP contribution in [0.3, 0.4) is 0 Å². The van der Waals surface area contributed by atoms with Gasteiger partial charge >= 0.3 is 0 Å². The van der Waals surface area contributed by atoms with Crippen LogP contribution in [0.5, 0.6) is 0 Å². The van der Waals surface area contributed by atoms with Gasteiger partial charge in [0.25, 0.3) is 5.91 Å². The normalized spacial score (nSPS) is 28.0. The highest BCUT2D eigenvalue weighted by atomic mass is 32.2. The van der Waals surface area contributed by atoms with Gasteiger partial charge in [-0.1, -0.05) is 6.42 Å². The number of carbonyl (C=O) groups is 1. The van der Waals surface area contributed by atoms with E-state index in [2.05, 4.69) is 0 Å². The summed E-state index contributed by atoms with van der Waals surface area (Å²) >= 11 is 1.88. The Morgan fingerprint density at radius 3 is 2.60 bits per heavy atom. The van der Waals surface area contributed by atoms with Crippen LogP contribution in [0.4, 0.5) is 0 Å². The number of thioether (sulfide) groups is 1. The minimum absolute atomic E-state index is 0.0201. The van der Waals surface area contributed by atoms with Gasteiger partial charge in [0.05, 0.1) is 11.0 Å². The maximum atomic E-state index is 13.3. The number of amides is 1. The predicted octanol–water partition coefficient (Wildman–Crippen LogP) is 3.38. The lowest BCUT2D eigenvalue weighted by molar-refractivity contribution is 0.0441. The fourth-order valence-corrected chi connectivity index (χ4v) is 7.60. The number of ether oxygens (including phenoxy) is 1. The molecular formula is C22H32N2O4S2. The smallest absolute Gasteiger partial charge is 0.254 e. The number of nitrogens with zero attached hydrogens (tertiary/aromatic N) is 2. The average molecular weight is 453 g/mol. The van der Waals surface area contributed by atoms with Crippen LogP contribution in [0.15, 0.2) is 29.2 Å². The second kappa shape index (κ2) is 9.59. The molecule has 0 N–H and O–H groups in total. The van der Waals surface area contributed by atoms with Gasteiger partial charge in [-0.05, 0) is 69.0 Å². The number of benzene rings is 1. The van der Waals surface area contributed by atoms with E-state index in [-0.39, 0.29) is 29.0 Å². The van der Waals surface area contributed by atoms with Gasteiger partial charge in [-0.2, -0.15) is 16.1 Å². The fourth-order valence-electron chi connectivity index (χ4n) is 4.67. The summed E-state index contributed by atoms with van der Waals surface area (Å²) in [5, 5.41) is 0. The number of hydrogen-bond donors (Lipinski definition) is 0. The van der Waals surface area contributed by atoms with E-state index in [1.54, 1.807) is 28.6 Å². The molecule has 0 radical (unpaired) electrons. The summed E-state index contributed by atoms with van der Waals surface area (Å²) in [4.78, 5) is 15.6. The van der Waals surface area contributed by atoms with E-state index in [0.29, 0.717) is 18.7 Å². The molecule has 3 atom stereocenters. The molecule has 0 aliphatic carbocycles. The summed E-state index contributed by atoms with van der Waals surface area (Å²) in [6, 6.07) is 6.79. The van der Waals surface area contributed by atoms with Crippen molar-refractivity contribution in [3.8, 4) is 0 Å². The van der Waals surface area contributed by atoms with Gasteiger partial charge in [0, 0.05) is 43.1 Å². The Labute approximate surface area is 184 Å². The first kappa shape index (κ1) is 22.1. The average Bonchev–Trinajstić information content (AvgIpc) is 3.46. The SMILES string of the molecule is CC1CCCCN1S(=O)(=O)c1ccc(C(=O)N(CC2CCCO2)C2CCSC2)cc1. The second-order valence-corrected chi connectivity index (χ2v) is 11.6. The van der Waals surface area contributed by atoms with E-state index < -0.39 is 10.0 Å². The molecule has 3 fully saturated rings. The molecule has 3 heterocycles. The van der Waals surface area contributed by atoms with Crippen LogP contribution < -0.4 is 0 Å². The molecular weight excluding hydrogens is 420 g/mol. The van der Waals surface area contributed by atoms with Crippen LogP contribution in [0.25, 0.3) is 0 Å². The minimum Gasteiger partial charge on any atom is -0.376 e. The summed E-state index contributed by atoms with van der Waals surface area (Å²) in [5.41, 5.74) is 0.551. The van der Waals surface area contributed by atoms with E-state index in [1.165, 1.54) is 0 Å². The molecule has 0 aromatic heterocycles. The van der Waals surface area contributed by atoms with Crippen LogP contribution in [0.2, 0.25) is 0 Å². The maximum absolute atomic E-state index is 13.3. The zero-order chi connectivity index (χ0) is 21.1. The topological polar surface area (TPSA) is 66.9 Å². The Morgan fingerprint density at radius 2 is 1.97 bits per heavy atom. The molecule has 1 aromatic carbocycles. The van der Waals surface area contributed by atoms with Gasteiger partial charge in [-0.15, -0.1) is 0 Å². The van der Waals surface area contributed by atoms with E-state index in [4.69, 9.17) is 4.74 Å². The standard InChI is InChI=1S/C22H32N2O4S2/c1-17-5-2-3-12-24(17)30(26,27)21-9-7-18(8-10-21)22(25)23(19-11-14-29-16-19)15-20-6-4-13-28-20/h7-10,17,19-20H,2-6,11-16H2,1H3. The molecule has 8 heteroatoms. The maximum Gasteiger partial charge on any atom is 0.254 e. The quantitative estimate of drug-likeness (QED) is 0.662. The van der Waals surface area contributed by atoms with Gasteiger partial charge in [0.1, 0.15) is 0 Å². The molecule has 0 spiro atoms. The molecule has 0 bridgehead atoms. The van der Waals surface area contributed by atoms with Gasteiger partial charge in [-0.3, -0.25) is 4.79 Å². The van der Waals surface area contributed by atoms with Crippen molar-refractivity contribution in [1.82, 2.24) is 9.21 Å². The summed E-state index contributed by atoms with van der Waals surface area (Å²) < 4.78 is 33.5. The molecule has 3 unspecified atom stereocenters. The molecule has 6 nitrogen and oxygen atoms in total. The number of sulfonamides is 1. The van der Waals surface area contributed by atoms with Crippen molar-refractivity contribution in [3.63, 3.8) is 0 Å². The number of carbonyl (C=O) groups excluding carboxylic acids is 1. The van der Waals surface area contributed by atoms with Crippen LogP contribution in [0.1, 0.15) is 55.8 Å². The fraction of sp³-hybridized carbons (Fsp3) is 0.682. The van der Waals surface area contributed by atoms with Gasteiger partial charge in [0.2, 0.25) is 10.0 Å². The van der Waals surface area contributed by atoms with Crippen molar-refractivity contribution in [1.29, 1.82) is 0 Å². The Hall–Kier alpha value is -1.09. The summed E-state index contributed by atoms with van der Waals surface area (Å²) in [5.74, 6) is 2.01. The Balaban J connectivity index is 1.51. The van der Waals surface area contributed by atoms with Crippen molar-refractivity contribution in [2.24, 2.45) is 0 Å². The van der Waals surface area contributed by atoms with Crippen LogP contribution >= 0.6 is 11.8 Å². The highest BCUT2D eigenvalue weighted by Crippen LogP contribution is 2.28. The highest BCUT2D eigenvalue weighted by molar-refractivity contribution is 7.99. The molecule has 30 heavy (non-hydrogen) atoms. The highest BCUT2D eigenvalue weighted by Gasteiger charge is 2.33. The summed E-state index contributed by atoms with van der Waals surface area (Å²) in [7, 11) is -3.52. The molecule has 4 rings (SSSR count). The number of piperidine rings is 1. The first-order valence-corrected chi connectivity index (χ1v) is 13.7. The van der Waals surface area contributed by atoms with Crippen LogP contribution in [-0.2, 0) is 14.8 Å². The van der Waals surface area contributed by atoms with Gasteiger partial charge in [0.15, 0.2) is 0 Å². The second-order valence-electron chi connectivity index (χ2n) is 8.59. The zero-order valence-electron chi connectivity index (χ0n) is 17.7. The monoisotopic (exact) mass is 452 g/mol. The molecule has 3 aliphatic heterocycles. The molecule has 3 aliphatic rings. The lowest BCUT2D eigenvalue weighted by atomic mass is 10.1. The van der Waals surface area contributed by atoms with E-state index in [1.807, 2.05) is 23.6 Å². The zero-order valence-corrected chi connectivity index (χ0v) is 19.3. The van der Waals surface area contributed by atoms with Crippen LogP contribution in [-0.4, -0.2) is 72.9 Å². The minimum atomic E-state index is -3.52. The van der Waals surface area contributed by atoms with Crippen molar-refractivity contribution in [2.75, 3.05) is 31.2 Å². The predicted molar refractivity (Wildman–Crippen MR) is 119 cm³/mol. The number of hydrogen-bond acceptors (Lipinski definition) is 5. The van der Waals surface area contributed by atoms with E-state index in [9.17, 15) is 13.2 Å². The Bertz CT molecular complexity index is 831. The molecule has 3 saturated heterocycles. The van der Waals surface area contributed by atoms with Crippen molar-refractivity contribution in [2.45, 2.75) is 68.5 Å². The lowest BCUT2D eigenvalue weighted by Gasteiger charge is -2.32. The molecule has 1 aromatic rings. The summed E-state index contributed by atoms with van der Waals surface area (Å²) in [6.45, 7) is 3.93. The van der Waals surface area contributed by atoms with Gasteiger partial charge in [-0.25, -0.2) is 8.42 Å². The van der Waals surface area contributed by atoms with E-state index in [0.717, 1.165) is 56.6 Å². The van der Waals surface area contributed by atoms with E-state index >= 15 is 0 Å². The number of rotatable bonds is 6. The molecule has 166 valence electrons. The first-order valence-electron chi connectivity index (χ1n) is 11.1. The van der Waals surface area contributed by atoms with Crippen LogP contribution in [0, 0.1) is 0 Å². The largest absolute Gasteiger partial charge is 0.376 e. The third-order valence-electron chi connectivity index (χ3n) is 6.48. The lowest BCUT2D eigenvalue weighted by Crippen LogP contribution is -2.44. The van der Waals surface area contributed by atoms with Crippen molar-refractivity contribution >= 4 is 27.7 Å². The summed E-state index contributed by atoms with van der Waals surface area (Å²) in [6.07, 6.45) is 6.02. The van der Waals surface area contributed by atoms with Crippen molar-refractivity contribution in [3.05, 3.63) is 29.8 Å². The van der Waals surface area contributed by atoms with Crippen molar-refractivity contribution < 1.29 is 17.9 Å². The Morgan fingerprint density at radius 1 is 1.17 bits per heavy atom. The van der Waals surface area contributed by atoms with Gasteiger partial charge < -0.3 is 9.64 Å². The molecule has 1 amide bonds. The molecule has 0 saturated carbocycles. The third-order valence-corrected chi connectivity index (χ3v) is 9.65.